The molecule has 0 radical (unpaired) electrons. The van der Waals surface area contributed by atoms with E-state index >= 15 is 0 Å². The van der Waals surface area contributed by atoms with Crippen molar-refractivity contribution in [1.82, 2.24) is 24.4 Å². The highest BCUT2D eigenvalue weighted by Crippen LogP contribution is 2.37. The van der Waals surface area contributed by atoms with Crippen molar-refractivity contribution in [1.29, 1.82) is 0 Å². The number of hydrogen-bond donors (Lipinski definition) is 0. The molecule has 0 amide bonds. The topological polar surface area (TPSA) is 59.3 Å². The van der Waals surface area contributed by atoms with Crippen LogP contribution in [0.1, 0.15) is 19.3 Å². The Bertz CT molecular complexity index is 1080. The molecule has 3 aromatic rings. The van der Waals surface area contributed by atoms with Crippen molar-refractivity contribution in [2.45, 2.75) is 57.7 Å². The number of piperidine rings is 1. The molecule has 3 aromatic heterocycles. The molecule has 7 nitrogen and oxygen atoms in total. The van der Waals surface area contributed by atoms with Crippen LogP contribution in [0, 0.1) is 0 Å². The number of hydrogen-bond acceptors (Lipinski definition) is 6. The molecule has 5 rings (SSSR count). The van der Waals surface area contributed by atoms with Crippen LogP contribution in [0.3, 0.4) is 0 Å². The standard InChI is InChI=1S/C25H36N6OSi/c1-33(2,3)13-12-32-19-31-17-22(20-14-26-18-27-15-20)24-23(7-8-28-25(24)31)30-9-4-6-21(16-30)29-10-5-11-29/h7-8,14-15,17-18,21H,4-6,9-13,16,19H2,1-3H3/t21-/m0/s1. The largest absolute Gasteiger partial charge is 0.369 e. The Morgan fingerprint density at radius 1 is 1.09 bits per heavy atom. The van der Waals surface area contributed by atoms with Crippen molar-refractivity contribution in [2.24, 2.45) is 0 Å². The molecule has 0 aliphatic carbocycles. The first-order chi connectivity index (χ1) is 16.0. The summed E-state index contributed by atoms with van der Waals surface area (Å²) in [5, 5.41) is 1.19. The summed E-state index contributed by atoms with van der Waals surface area (Å²) in [6.07, 6.45) is 13.4. The third-order valence-electron chi connectivity index (χ3n) is 6.98. The highest BCUT2D eigenvalue weighted by molar-refractivity contribution is 6.76. The summed E-state index contributed by atoms with van der Waals surface area (Å²) in [6, 6.07) is 4.01. The molecule has 2 aliphatic heterocycles. The number of anilines is 1. The summed E-state index contributed by atoms with van der Waals surface area (Å²) in [7, 11) is -1.12. The molecule has 2 fully saturated rings. The van der Waals surface area contributed by atoms with Crippen LogP contribution in [0.2, 0.25) is 25.7 Å². The summed E-state index contributed by atoms with van der Waals surface area (Å²) in [4.78, 5) is 18.6. The maximum atomic E-state index is 6.12. The summed E-state index contributed by atoms with van der Waals surface area (Å²) < 4.78 is 8.27. The van der Waals surface area contributed by atoms with E-state index in [1.807, 2.05) is 18.6 Å². The van der Waals surface area contributed by atoms with Crippen molar-refractivity contribution >= 4 is 24.8 Å². The highest BCUT2D eigenvalue weighted by atomic mass is 28.3. The average Bonchev–Trinajstić information content (AvgIpc) is 3.15. The fraction of sp³-hybridized carbons (Fsp3) is 0.560. The van der Waals surface area contributed by atoms with Gasteiger partial charge in [0, 0.05) is 75.4 Å². The van der Waals surface area contributed by atoms with Gasteiger partial charge in [0.25, 0.3) is 0 Å². The van der Waals surface area contributed by atoms with Gasteiger partial charge in [-0.3, -0.25) is 4.90 Å². The maximum Gasteiger partial charge on any atom is 0.144 e. The van der Waals surface area contributed by atoms with Gasteiger partial charge in [0.05, 0.1) is 5.39 Å². The van der Waals surface area contributed by atoms with Crippen molar-refractivity contribution in [2.75, 3.05) is 37.7 Å². The molecule has 5 heterocycles. The quantitative estimate of drug-likeness (QED) is 0.362. The van der Waals surface area contributed by atoms with E-state index in [0.29, 0.717) is 12.8 Å². The van der Waals surface area contributed by atoms with E-state index in [2.05, 4.69) is 56.2 Å². The normalized spacial score (nSPS) is 19.7. The number of likely N-dealkylation sites (tertiary alicyclic amines) is 1. The molecular formula is C25H36N6OSi. The van der Waals surface area contributed by atoms with Gasteiger partial charge in [-0.05, 0) is 44.5 Å². The van der Waals surface area contributed by atoms with Gasteiger partial charge in [-0.25, -0.2) is 15.0 Å². The molecule has 0 unspecified atom stereocenters. The number of aromatic nitrogens is 4. The Balaban J connectivity index is 1.48. The van der Waals surface area contributed by atoms with Crippen molar-refractivity contribution in [3.63, 3.8) is 0 Å². The first-order valence-electron chi connectivity index (χ1n) is 12.3. The fourth-order valence-electron chi connectivity index (χ4n) is 4.94. The third-order valence-corrected chi connectivity index (χ3v) is 8.68. The van der Waals surface area contributed by atoms with E-state index < -0.39 is 8.07 Å². The predicted octanol–water partition coefficient (Wildman–Crippen LogP) is 4.48. The van der Waals surface area contributed by atoms with Gasteiger partial charge in [0.15, 0.2) is 0 Å². The zero-order valence-electron chi connectivity index (χ0n) is 20.2. The molecule has 176 valence electrons. The molecule has 1 atom stereocenters. The third kappa shape index (κ3) is 4.97. The lowest BCUT2D eigenvalue weighted by Crippen LogP contribution is -2.53. The molecule has 2 aliphatic rings. The maximum absolute atomic E-state index is 6.12. The van der Waals surface area contributed by atoms with Crippen LogP contribution in [0.4, 0.5) is 5.69 Å². The Morgan fingerprint density at radius 2 is 1.91 bits per heavy atom. The van der Waals surface area contributed by atoms with E-state index in [0.717, 1.165) is 42.5 Å². The van der Waals surface area contributed by atoms with Crippen LogP contribution in [0.25, 0.3) is 22.2 Å². The van der Waals surface area contributed by atoms with E-state index in [4.69, 9.17) is 9.72 Å². The lowest BCUT2D eigenvalue weighted by Gasteiger charge is -2.44. The van der Waals surface area contributed by atoms with Crippen LogP contribution in [-0.2, 0) is 11.5 Å². The van der Waals surface area contributed by atoms with E-state index in [9.17, 15) is 0 Å². The molecule has 0 N–H and O–H groups in total. The minimum atomic E-state index is -1.12. The van der Waals surface area contributed by atoms with Gasteiger partial charge in [-0.2, -0.15) is 0 Å². The zero-order valence-corrected chi connectivity index (χ0v) is 21.2. The molecule has 0 bridgehead atoms. The number of ether oxygens (including phenoxy) is 1. The van der Waals surface area contributed by atoms with Gasteiger partial charge in [-0.15, -0.1) is 0 Å². The van der Waals surface area contributed by atoms with E-state index in [-0.39, 0.29) is 0 Å². The van der Waals surface area contributed by atoms with Crippen LogP contribution >= 0.6 is 0 Å². The minimum absolute atomic E-state index is 0.515. The Morgan fingerprint density at radius 3 is 2.64 bits per heavy atom. The molecule has 8 heteroatoms. The summed E-state index contributed by atoms with van der Waals surface area (Å²) in [5.41, 5.74) is 4.40. The van der Waals surface area contributed by atoms with Gasteiger partial charge in [-0.1, -0.05) is 19.6 Å². The van der Waals surface area contributed by atoms with Crippen LogP contribution < -0.4 is 4.90 Å². The second kappa shape index (κ2) is 9.52. The Kier molecular flexibility index (Phi) is 6.49. The predicted molar refractivity (Wildman–Crippen MR) is 136 cm³/mol. The smallest absolute Gasteiger partial charge is 0.144 e. The second-order valence-corrected chi connectivity index (χ2v) is 16.3. The molecule has 33 heavy (non-hydrogen) atoms. The van der Waals surface area contributed by atoms with Crippen LogP contribution in [-0.4, -0.2) is 71.3 Å². The van der Waals surface area contributed by atoms with Gasteiger partial charge >= 0.3 is 0 Å². The highest BCUT2D eigenvalue weighted by Gasteiger charge is 2.30. The van der Waals surface area contributed by atoms with E-state index in [1.165, 1.54) is 43.4 Å². The van der Waals surface area contributed by atoms with Crippen molar-refractivity contribution in [3.05, 3.63) is 37.2 Å². The monoisotopic (exact) mass is 464 g/mol. The van der Waals surface area contributed by atoms with Crippen molar-refractivity contribution in [3.8, 4) is 11.1 Å². The lowest BCUT2D eigenvalue weighted by atomic mass is 9.99. The molecule has 2 saturated heterocycles. The summed E-state index contributed by atoms with van der Waals surface area (Å²) in [6.45, 7) is 13.1. The SMILES string of the molecule is C[Si](C)(C)CCOCn1cc(-c2cncnc2)c2c(N3CCC[C@H](N4CCC4)C3)ccnc21. The Hall–Kier alpha value is -2.29. The summed E-state index contributed by atoms with van der Waals surface area (Å²) >= 11 is 0. The van der Waals surface area contributed by atoms with Gasteiger partial charge < -0.3 is 14.2 Å². The van der Waals surface area contributed by atoms with Gasteiger partial charge in [0.1, 0.15) is 18.7 Å². The average molecular weight is 465 g/mol. The van der Waals surface area contributed by atoms with Crippen LogP contribution in [0.15, 0.2) is 37.2 Å². The first kappa shape index (κ1) is 22.5. The second-order valence-electron chi connectivity index (χ2n) is 10.6. The van der Waals surface area contributed by atoms with Crippen molar-refractivity contribution < 1.29 is 4.74 Å². The first-order valence-corrected chi connectivity index (χ1v) is 16.0. The number of nitrogens with zero attached hydrogens (tertiary/aromatic N) is 6. The molecule has 0 aromatic carbocycles. The van der Waals surface area contributed by atoms with E-state index in [1.54, 1.807) is 6.33 Å². The lowest BCUT2D eigenvalue weighted by molar-refractivity contribution is 0.0899. The minimum Gasteiger partial charge on any atom is -0.369 e. The molecular weight excluding hydrogens is 428 g/mol. The summed E-state index contributed by atoms with van der Waals surface area (Å²) in [5.74, 6) is 0. The number of fused-ring (bicyclic) bond motifs is 1. The number of pyridine rings is 1. The fourth-order valence-corrected chi connectivity index (χ4v) is 5.69. The van der Waals surface area contributed by atoms with Gasteiger partial charge in [0.2, 0.25) is 0 Å². The molecule has 0 saturated carbocycles. The van der Waals surface area contributed by atoms with Crippen LogP contribution in [0.5, 0.6) is 0 Å². The Labute approximate surface area is 197 Å². The number of rotatable bonds is 8. The zero-order chi connectivity index (χ0) is 22.8. The molecule has 0 spiro atoms.